The highest BCUT2D eigenvalue weighted by atomic mass is 32.1. The molecule has 102 valence electrons. The Bertz CT molecular complexity index is 554. The van der Waals surface area contributed by atoms with Gasteiger partial charge in [-0.25, -0.2) is 0 Å². The topological polar surface area (TPSA) is 47.3 Å². The van der Waals surface area contributed by atoms with Crippen molar-refractivity contribution >= 4 is 22.7 Å². The van der Waals surface area contributed by atoms with E-state index >= 15 is 0 Å². The standard InChI is InChI=1S/C12H11F3N2OS/c13-12(14,15)18-9-3-1-2-8(6-9)17-7-11-10(16)4-5-19-11/h1-6,17H,7,16H2. The highest BCUT2D eigenvalue weighted by Crippen LogP contribution is 2.26. The summed E-state index contributed by atoms with van der Waals surface area (Å²) in [4.78, 5) is 0.933. The van der Waals surface area contributed by atoms with Crippen LogP contribution in [0.5, 0.6) is 5.75 Å². The number of nitrogens with two attached hydrogens (primary N) is 1. The summed E-state index contributed by atoms with van der Waals surface area (Å²) >= 11 is 1.48. The molecule has 0 radical (unpaired) electrons. The summed E-state index contributed by atoms with van der Waals surface area (Å²) in [7, 11) is 0. The summed E-state index contributed by atoms with van der Waals surface area (Å²) in [6.45, 7) is 0.457. The van der Waals surface area contributed by atoms with Crippen molar-refractivity contribution < 1.29 is 17.9 Å². The van der Waals surface area contributed by atoms with Crippen molar-refractivity contribution in [3.05, 3.63) is 40.6 Å². The monoisotopic (exact) mass is 288 g/mol. The molecule has 19 heavy (non-hydrogen) atoms. The second-order valence-corrected chi connectivity index (χ2v) is 4.73. The zero-order valence-corrected chi connectivity index (χ0v) is 10.5. The Hall–Kier alpha value is -1.89. The minimum absolute atomic E-state index is 0.253. The molecule has 0 spiro atoms. The summed E-state index contributed by atoms with van der Waals surface area (Å²) in [6, 6.07) is 7.47. The lowest BCUT2D eigenvalue weighted by Crippen LogP contribution is -2.17. The third kappa shape index (κ3) is 4.06. The van der Waals surface area contributed by atoms with Crippen LogP contribution in [0.15, 0.2) is 35.7 Å². The number of rotatable bonds is 4. The predicted molar refractivity (Wildman–Crippen MR) is 69.2 cm³/mol. The van der Waals surface area contributed by atoms with E-state index in [1.165, 1.54) is 29.5 Å². The molecule has 0 bridgehead atoms. The minimum atomic E-state index is -4.68. The number of ether oxygens (including phenoxy) is 1. The molecule has 1 aromatic heterocycles. The van der Waals surface area contributed by atoms with Crippen molar-refractivity contribution in [2.24, 2.45) is 0 Å². The molecule has 0 fully saturated rings. The number of anilines is 2. The normalized spacial score (nSPS) is 11.3. The molecule has 0 saturated heterocycles. The van der Waals surface area contributed by atoms with Gasteiger partial charge in [-0.3, -0.25) is 0 Å². The van der Waals surface area contributed by atoms with Crippen LogP contribution in [0.3, 0.4) is 0 Å². The molecule has 0 atom stereocenters. The predicted octanol–water partition coefficient (Wildman–Crippen LogP) is 3.84. The Morgan fingerprint density at radius 2 is 2.05 bits per heavy atom. The van der Waals surface area contributed by atoms with Crippen LogP contribution in [-0.4, -0.2) is 6.36 Å². The van der Waals surface area contributed by atoms with Gasteiger partial charge in [0.15, 0.2) is 0 Å². The Morgan fingerprint density at radius 1 is 1.26 bits per heavy atom. The maximum atomic E-state index is 12.1. The molecule has 3 nitrogen and oxygen atoms in total. The van der Waals surface area contributed by atoms with Gasteiger partial charge in [0.05, 0.1) is 6.54 Å². The van der Waals surface area contributed by atoms with Crippen LogP contribution < -0.4 is 15.8 Å². The molecule has 2 rings (SSSR count). The number of halogens is 3. The van der Waals surface area contributed by atoms with Crippen LogP contribution in [0, 0.1) is 0 Å². The number of hydrogen-bond donors (Lipinski definition) is 2. The van der Waals surface area contributed by atoms with E-state index in [1.807, 2.05) is 5.38 Å². The third-order valence-electron chi connectivity index (χ3n) is 2.30. The smallest absolute Gasteiger partial charge is 0.406 e. The van der Waals surface area contributed by atoms with Crippen molar-refractivity contribution in [1.29, 1.82) is 0 Å². The van der Waals surface area contributed by atoms with E-state index in [0.717, 1.165) is 4.88 Å². The number of benzene rings is 1. The maximum absolute atomic E-state index is 12.1. The zero-order valence-electron chi connectivity index (χ0n) is 9.70. The van der Waals surface area contributed by atoms with E-state index in [2.05, 4.69) is 10.1 Å². The van der Waals surface area contributed by atoms with Crippen LogP contribution >= 0.6 is 11.3 Å². The lowest BCUT2D eigenvalue weighted by Gasteiger charge is -2.11. The molecule has 0 aliphatic carbocycles. The van der Waals surface area contributed by atoms with Gasteiger partial charge in [0.25, 0.3) is 0 Å². The number of hydrogen-bond acceptors (Lipinski definition) is 4. The van der Waals surface area contributed by atoms with Gasteiger partial charge in [-0.2, -0.15) is 0 Å². The van der Waals surface area contributed by atoms with Crippen molar-refractivity contribution in [2.45, 2.75) is 12.9 Å². The highest BCUT2D eigenvalue weighted by Gasteiger charge is 2.31. The first-order chi connectivity index (χ1) is 8.94. The Labute approximate surface area is 111 Å². The number of nitrogens with one attached hydrogen (secondary N) is 1. The van der Waals surface area contributed by atoms with E-state index in [4.69, 9.17) is 5.73 Å². The van der Waals surface area contributed by atoms with Gasteiger partial charge in [-0.15, -0.1) is 24.5 Å². The maximum Gasteiger partial charge on any atom is 0.573 e. The van der Waals surface area contributed by atoms with Crippen LogP contribution in [-0.2, 0) is 6.54 Å². The molecule has 0 amide bonds. The molecule has 1 heterocycles. The molecule has 3 N–H and O–H groups in total. The summed E-state index contributed by atoms with van der Waals surface area (Å²) in [6.07, 6.45) is -4.68. The average molecular weight is 288 g/mol. The second kappa shape index (κ2) is 5.40. The van der Waals surface area contributed by atoms with E-state index in [0.29, 0.717) is 17.9 Å². The van der Waals surface area contributed by atoms with Crippen LogP contribution in [0.2, 0.25) is 0 Å². The fraction of sp³-hybridized carbons (Fsp3) is 0.167. The highest BCUT2D eigenvalue weighted by molar-refractivity contribution is 7.10. The van der Waals surface area contributed by atoms with Crippen molar-refractivity contribution in [2.75, 3.05) is 11.1 Å². The quantitative estimate of drug-likeness (QED) is 0.898. The first-order valence-corrected chi connectivity index (χ1v) is 6.23. The lowest BCUT2D eigenvalue weighted by molar-refractivity contribution is -0.274. The molecular weight excluding hydrogens is 277 g/mol. The minimum Gasteiger partial charge on any atom is -0.406 e. The number of nitrogen functional groups attached to an aromatic ring is 1. The van der Waals surface area contributed by atoms with Crippen molar-refractivity contribution in [1.82, 2.24) is 0 Å². The van der Waals surface area contributed by atoms with E-state index in [9.17, 15) is 13.2 Å². The average Bonchev–Trinajstić information content (AvgIpc) is 2.70. The van der Waals surface area contributed by atoms with Crippen molar-refractivity contribution in [3.8, 4) is 5.75 Å². The van der Waals surface area contributed by atoms with Crippen LogP contribution in [0.1, 0.15) is 4.88 Å². The van der Waals surface area contributed by atoms with Crippen LogP contribution in [0.25, 0.3) is 0 Å². The Morgan fingerprint density at radius 3 is 2.68 bits per heavy atom. The van der Waals surface area contributed by atoms with Gasteiger partial charge in [0, 0.05) is 22.3 Å². The summed E-state index contributed by atoms with van der Waals surface area (Å²) < 4.78 is 40.1. The van der Waals surface area contributed by atoms with Gasteiger partial charge >= 0.3 is 6.36 Å². The van der Waals surface area contributed by atoms with Crippen LogP contribution in [0.4, 0.5) is 24.5 Å². The zero-order chi connectivity index (χ0) is 13.9. The van der Waals surface area contributed by atoms with E-state index in [-0.39, 0.29) is 5.75 Å². The Kier molecular flexibility index (Phi) is 3.84. The van der Waals surface area contributed by atoms with Gasteiger partial charge in [0.2, 0.25) is 0 Å². The molecule has 1 aromatic carbocycles. The number of alkyl halides is 3. The first kappa shape index (κ1) is 13.5. The fourth-order valence-corrected chi connectivity index (χ4v) is 2.22. The summed E-state index contributed by atoms with van der Waals surface area (Å²) in [5, 5.41) is 4.85. The molecule has 0 aliphatic rings. The lowest BCUT2D eigenvalue weighted by atomic mass is 10.3. The molecule has 2 aromatic rings. The van der Waals surface area contributed by atoms with E-state index < -0.39 is 6.36 Å². The third-order valence-corrected chi connectivity index (χ3v) is 3.24. The van der Waals surface area contributed by atoms with Gasteiger partial charge in [0.1, 0.15) is 5.75 Å². The first-order valence-electron chi connectivity index (χ1n) is 5.35. The summed E-state index contributed by atoms with van der Waals surface area (Å²) in [5.41, 5.74) is 6.92. The summed E-state index contributed by atoms with van der Waals surface area (Å²) in [5.74, 6) is -0.253. The van der Waals surface area contributed by atoms with Crippen molar-refractivity contribution in [3.63, 3.8) is 0 Å². The molecular formula is C12H11F3N2OS. The van der Waals surface area contributed by atoms with Gasteiger partial charge in [-0.1, -0.05) is 6.07 Å². The Balaban J connectivity index is 2.01. The molecule has 7 heteroatoms. The SMILES string of the molecule is Nc1ccsc1CNc1cccc(OC(F)(F)F)c1. The molecule has 0 aliphatic heterocycles. The molecule has 0 saturated carbocycles. The van der Waals surface area contributed by atoms with Gasteiger partial charge < -0.3 is 15.8 Å². The fourth-order valence-electron chi connectivity index (χ4n) is 1.48. The van der Waals surface area contributed by atoms with E-state index in [1.54, 1.807) is 12.1 Å². The largest absolute Gasteiger partial charge is 0.573 e. The molecule has 0 unspecified atom stereocenters. The number of thiophene rings is 1. The van der Waals surface area contributed by atoms with Gasteiger partial charge in [-0.05, 0) is 23.6 Å². The second-order valence-electron chi connectivity index (χ2n) is 3.73.